The second kappa shape index (κ2) is 12.6. The van der Waals surface area contributed by atoms with Crippen molar-refractivity contribution in [1.29, 1.82) is 0 Å². The van der Waals surface area contributed by atoms with Gasteiger partial charge in [-0.2, -0.15) is 0 Å². The van der Waals surface area contributed by atoms with Crippen LogP contribution in [0.3, 0.4) is 0 Å². The fourth-order valence-corrected chi connectivity index (χ4v) is 6.74. The van der Waals surface area contributed by atoms with E-state index in [1.54, 1.807) is 20.3 Å². The molecule has 1 atom stereocenters. The molecule has 3 aromatic carbocycles. The molecule has 0 saturated heterocycles. The minimum Gasteiger partial charge on any atom is -0.508 e. The van der Waals surface area contributed by atoms with Crippen molar-refractivity contribution in [2.24, 2.45) is 0 Å². The topological polar surface area (TPSA) is 54.4 Å². The Hall–Kier alpha value is -3.38. The maximum Gasteiger partial charge on any atom is 0.162 e. The van der Waals surface area contributed by atoms with E-state index in [4.69, 9.17) is 14.2 Å². The molecule has 6 nitrogen and oxygen atoms in total. The summed E-state index contributed by atoms with van der Waals surface area (Å²) >= 11 is 0. The molecule has 0 aromatic heterocycles. The zero-order valence-corrected chi connectivity index (χ0v) is 25.4. The Balaban J connectivity index is 1.36. The first-order valence-electron chi connectivity index (χ1n) is 15.1. The maximum atomic E-state index is 9.97. The first-order valence-corrected chi connectivity index (χ1v) is 15.1. The first kappa shape index (κ1) is 29.1. The third-order valence-electron chi connectivity index (χ3n) is 9.40. The van der Waals surface area contributed by atoms with E-state index in [9.17, 15) is 5.11 Å². The van der Waals surface area contributed by atoms with Crippen molar-refractivity contribution >= 4 is 5.69 Å². The van der Waals surface area contributed by atoms with Gasteiger partial charge in [-0.25, -0.2) is 0 Å². The van der Waals surface area contributed by atoms with Crippen molar-refractivity contribution in [3.63, 3.8) is 0 Å². The SMILES string of the molecule is CCN(Cc1ccc(OCC2(N(C)C)CCCC2)cc1)c1cc(OC)c(OC)cc1[C@@H]1CCc2cc(O)ccc2C1. The highest BCUT2D eigenvalue weighted by atomic mass is 16.5. The highest BCUT2D eigenvalue weighted by molar-refractivity contribution is 5.64. The number of fused-ring (bicyclic) bond motifs is 1. The van der Waals surface area contributed by atoms with Gasteiger partial charge in [0.15, 0.2) is 11.5 Å². The molecule has 0 amide bonds. The third-order valence-corrected chi connectivity index (χ3v) is 9.40. The summed E-state index contributed by atoms with van der Waals surface area (Å²) in [4.78, 5) is 4.78. The minimum atomic E-state index is 0.154. The van der Waals surface area contributed by atoms with E-state index >= 15 is 0 Å². The lowest BCUT2D eigenvalue weighted by atomic mass is 9.79. The lowest BCUT2D eigenvalue weighted by Gasteiger charge is -2.36. The van der Waals surface area contributed by atoms with E-state index in [0.717, 1.165) is 56.2 Å². The molecule has 41 heavy (non-hydrogen) atoms. The fourth-order valence-electron chi connectivity index (χ4n) is 6.74. The Kier molecular flexibility index (Phi) is 8.98. The highest BCUT2D eigenvalue weighted by Gasteiger charge is 2.36. The lowest BCUT2D eigenvalue weighted by Crippen LogP contribution is -2.46. The second-order valence-corrected chi connectivity index (χ2v) is 11.9. The number of ether oxygens (including phenoxy) is 3. The smallest absolute Gasteiger partial charge is 0.162 e. The molecule has 0 bridgehead atoms. The van der Waals surface area contributed by atoms with Gasteiger partial charge in [0, 0.05) is 24.8 Å². The van der Waals surface area contributed by atoms with Crippen LogP contribution in [0.4, 0.5) is 5.69 Å². The van der Waals surface area contributed by atoms with Crippen LogP contribution in [0.1, 0.15) is 67.2 Å². The molecule has 1 saturated carbocycles. The molecule has 220 valence electrons. The zero-order valence-electron chi connectivity index (χ0n) is 25.4. The molecule has 2 aliphatic rings. The number of hydrogen-bond acceptors (Lipinski definition) is 6. The van der Waals surface area contributed by atoms with Gasteiger partial charge in [0.2, 0.25) is 0 Å². The normalized spacial score (nSPS) is 17.8. The number of anilines is 1. The van der Waals surface area contributed by atoms with Crippen molar-refractivity contribution in [2.45, 2.75) is 69.9 Å². The van der Waals surface area contributed by atoms with Crippen LogP contribution in [0, 0.1) is 0 Å². The van der Waals surface area contributed by atoms with Crippen molar-refractivity contribution in [2.75, 3.05) is 46.4 Å². The number of aromatic hydroxyl groups is 1. The van der Waals surface area contributed by atoms with Crippen LogP contribution in [0.5, 0.6) is 23.0 Å². The molecule has 0 aliphatic heterocycles. The number of hydrogen-bond donors (Lipinski definition) is 1. The number of methoxy groups -OCH3 is 2. The largest absolute Gasteiger partial charge is 0.508 e. The van der Waals surface area contributed by atoms with Gasteiger partial charge >= 0.3 is 0 Å². The summed E-state index contributed by atoms with van der Waals surface area (Å²) in [5.74, 6) is 3.14. The van der Waals surface area contributed by atoms with Gasteiger partial charge in [0.1, 0.15) is 18.1 Å². The lowest BCUT2D eigenvalue weighted by molar-refractivity contribution is 0.0865. The Morgan fingerprint density at radius 3 is 2.27 bits per heavy atom. The van der Waals surface area contributed by atoms with Gasteiger partial charge < -0.3 is 29.1 Å². The van der Waals surface area contributed by atoms with Crippen molar-refractivity contribution in [1.82, 2.24) is 4.90 Å². The van der Waals surface area contributed by atoms with E-state index in [1.165, 1.54) is 53.6 Å². The van der Waals surface area contributed by atoms with Gasteiger partial charge in [-0.1, -0.05) is 31.0 Å². The Morgan fingerprint density at radius 1 is 0.902 bits per heavy atom. The van der Waals surface area contributed by atoms with Gasteiger partial charge in [-0.3, -0.25) is 0 Å². The number of rotatable bonds is 11. The summed E-state index contributed by atoms with van der Waals surface area (Å²) < 4.78 is 17.8. The van der Waals surface area contributed by atoms with Crippen LogP contribution >= 0.6 is 0 Å². The van der Waals surface area contributed by atoms with Crippen LogP contribution in [-0.2, 0) is 19.4 Å². The van der Waals surface area contributed by atoms with E-state index in [-0.39, 0.29) is 5.54 Å². The predicted molar refractivity (Wildman–Crippen MR) is 166 cm³/mol. The number of phenols is 1. The molecular weight excluding hydrogens is 512 g/mol. The molecule has 0 unspecified atom stereocenters. The molecule has 1 N–H and O–H groups in total. The Morgan fingerprint density at radius 2 is 1.61 bits per heavy atom. The first-order chi connectivity index (χ1) is 19.9. The molecular formula is C35H46N2O4. The van der Waals surface area contributed by atoms with Crippen molar-refractivity contribution in [3.05, 3.63) is 76.9 Å². The van der Waals surface area contributed by atoms with Gasteiger partial charge in [0.05, 0.1) is 19.8 Å². The molecule has 0 radical (unpaired) electrons. The fraction of sp³-hybridized carbons (Fsp3) is 0.486. The van der Waals surface area contributed by atoms with Crippen LogP contribution in [0.15, 0.2) is 54.6 Å². The number of aryl methyl sites for hydroxylation is 1. The second-order valence-electron chi connectivity index (χ2n) is 11.9. The summed E-state index contributed by atoms with van der Waals surface area (Å²) in [5.41, 5.74) is 6.43. The average molecular weight is 559 g/mol. The van der Waals surface area contributed by atoms with E-state index in [0.29, 0.717) is 11.7 Å². The minimum absolute atomic E-state index is 0.154. The van der Waals surface area contributed by atoms with Gasteiger partial charge in [0.25, 0.3) is 0 Å². The summed E-state index contributed by atoms with van der Waals surface area (Å²) in [5, 5.41) is 9.97. The molecule has 2 aliphatic carbocycles. The predicted octanol–water partition coefficient (Wildman–Crippen LogP) is 6.96. The molecule has 1 fully saturated rings. The van der Waals surface area contributed by atoms with E-state index < -0.39 is 0 Å². The van der Waals surface area contributed by atoms with Gasteiger partial charge in [-0.15, -0.1) is 0 Å². The van der Waals surface area contributed by atoms with Crippen LogP contribution in [0.25, 0.3) is 0 Å². The van der Waals surface area contributed by atoms with Gasteiger partial charge in [-0.05, 0) is 112 Å². The van der Waals surface area contributed by atoms with E-state index in [2.05, 4.69) is 73.3 Å². The Bertz CT molecular complexity index is 1310. The van der Waals surface area contributed by atoms with Crippen LogP contribution in [-0.4, -0.2) is 57.0 Å². The van der Waals surface area contributed by atoms with Crippen molar-refractivity contribution in [3.8, 4) is 23.0 Å². The zero-order chi connectivity index (χ0) is 29.0. The van der Waals surface area contributed by atoms with Crippen LogP contribution in [0.2, 0.25) is 0 Å². The summed E-state index contributed by atoms with van der Waals surface area (Å²) in [7, 11) is 7.76. The van der Waals surface area contributed by atoms with Crippen LogP contribution < -0.4 is 19.1 Å². The number of benzene rings is 3. The number of likely N-dealkylation sites (N-methyl/N-ethyl adjacent to an activating group) is 1. The molecule has 3 aromatic rings. The van der Waals surface area contributed by atoms with E-state index in [1.807, 2.05) is 6.07 Å². The standard InChI is InChI=1S/C35H46N2O4/c1-6-37(23-25-9-15-30(16-10-25)41-24-35(36(2)3)17-7-8-18-35)32-22-34(40-5)33(39-4)21-31(32)28-12-11-27-20-29(38)14-13-26(27)19-28/h9-10,13-16,20-22,28,38H,6-8,11-12,17-19,23-24H2,1-5H3/t28-/m1/s1. The maximum absolute atomic E-state index is 9.97. The highest BCUT2D eigenvalue weighted by Crippen LogP contribution is 2.44. The molecule has 5 rings (SSSR count). The summed E-state index contributed by atoms with van der Waals surface area (Å²) in [6, 6.07) is 18.7. The molecule has 0 spiro atoms. The number of nitrogens with zero attached hydrogens (tertiary/aromatic N) is 2. The molecule has 0 heterocycles. The quantitative estimate of drug-likeness (QED) is 0.275. The Labute approximate surface area is 245 Å². The number of phenolic OH excluding ortho intramolecular Hbond substituents is 1. The molecule has 6 heteroatoms. The third kappa shape index (κ3) is 6.28. The summed E-state index contributed by atoms with van der Waals surface area (Å²) in [6.45, 7) is 4.60. The summed E-state index contributed by atoms with van der Waals surface area (Å²) in [6.07, 6.45) is 7.88. The van der Waals surface area contributed by atoms with Crippen molar-refractivity contribution < 1.29 is 19.3 Å². The monoisotopic (exact) mass is 558 g/mol. The average Bonchev–Trinajstić information content (AvgIpc) is 3.49.